The Hall–Kier alpha value is -4.24. The monoisotopic (exact) mass is 555 g/mol. The largest absolute Gasteiger partial charge is 0.497 e. The van der Waals surface area contributed by atoms with Gasteiger partial charge >= 0.3 is 6.03 Å². The summed E-state index contributed by atoms with van der Waals surface area (Å²) in [6.07, 6.45) is 1.00. The van der Waals surface area contributed by atoms with E-state index in [0.717, 1.165) is 52.0 Å². The first kappa shape index (κ1) is 27.3. The van der Waals surface area contributed by atoms with Gasteiger partial charge in [-0.3, -0.25) is 4.79 Å². The predicted molar refractivity (Wildman–Crippen MR) is 163 cm³/mol. The second kappa shape index (κ2) is 11.9. The molecule has 2 aliphatic heterocycles. The SMILES string of the molecule is COc1ccc(NC(=O)C2=C(C)N=C3SCCCN3C2c2ccc(NC(=O)Nc3cccc(C)c3C)cc2)cc1. The topological polar surface area (TPSA) is 95.1 Å². The standard InChI is InChI=1S/C31H33N5O3S/c1-19-7-5-8-26(20(19)2)35-30(38)34-24-11-9-22(10-12-24)28-27(21(3)32-31-36(28)17-6-18-40-31)29(37)33-23-13-15-25(39-4)16-14-23/h5,7-16,28H,6,17-18H2,1-4H3,(H,33,37)(H2,34,35,38). The van der Waals surface area contributed by atoms with Crippen molar-refractivity contribution in [3.8, 4) is 5.75 Å². The average molecular weight is 556 g/mol. The Morgan fingerprint density at radius 2 is 1.62 bits per heavy atom. The van der Waals surface area contributed by atoms with Crippen LogP contribution in [0.25, 0.3) is 0 Å². The van der Waals surface area contributed by atoms with E-state index in [4.69, 9.17) is 9.73 Å². The summed E-state index contributed by atoms with van der Waals surface area (Å²) in [5.41, 5.74) is 6.53. The highest BCUT2D eigenvalue weighted by atomic mass is 32.2. The predicted octanol–water partition coefficient (Wildman–Crippen LogP) is 6.72. The highest BCUT2D eigenvalue weighted by Crippen LogP contribution is 2.40. The second-order valence-electron chi connectivity index (χ2n) is 9.82. The number of thioether (sulfide) groups is 1. The van der Waals surface area contributed by atoms with Crippen LogP contribution in [-0.4, -0.2) is 41.4 Å². The van der Waals surface area contributed by atoms with Crippen LogP contribution in [0.3, 0.4) is 0 Å². The number of carbonyl (C=O) groups excluding carboxylic acids is 2. The lowest BCUT2D eigenvalue weighted by Crippen LogP contribution is -2.43. The number of rotatable bonds is 6. The number of fused-ring (bicyclic) bond motifs is 1. The van der Waals surface area contributed by atoms with Crippen molar-refractivity contribution in [2.45, 2.75) is 33.2 Å². The molecule has 1 atom stereocenters. The van der Waals surface area contributed by atoms with E-state index >= 15 is 0 Å². The number of amides is 3. The molecule has 5 rings (SSSR count). The zero-order valence-corrected chi connectivity index (χ0v) is 23.9. The van der Waals surface area contributed by atoms with Crippen LogP contribution < -0.4 is 20.7 Å². The van der Waals surface area contributed by atoms with Gasteiger partial charge in [0.1, 0.15) is 5.75 Å². The van der Waals surface area contributed by atoms with Crippen LogP contribution >= 0.6 is 11.8 Å². The van der Waals surface area contributed by atoms with Crippen LogP contribution in [-0.2, 0) is 4.79 Å². The highest BCUT2D eigenvalue weighted by Gasteiger charge is 2.37. The number of methoxy groups -OCH3 is 1. The van der Waals surface area contributed by atoms with Gasteiger partial charge in [0.15, 0.2) is 5.17 Å². The van der Waals surface area contributed by atoms with Gasteiger partial charge in [0.25, 0.3) is 5.91 Å². The zero-order chi connectivity index (χ0) is 28.2. The van der Waals surface area contributed by atoms with E-state index in [1.165, 1.54) is 0 Å². The van der Waals surface area contributed by atoms with E-state index < -0.39 is 0 Å². The van der Waals surface area contributed by atoms with Gasteiger partial charge in [-0.1, -0.05) is 36.0 Å². The summed E-state index contributed by atoms with van der Waals surface area (Å²) in [6.45, 7) is 6.70. The number of hydrogen-bond donors (Lipinski definition) is 3. The molecule has 3 aromatic rings. The molecule has 1 saturated heterocycles. The molecule has 40 heavy (non-hydrogen) atoms. The molecule has 0 aliphatic carbocycles. The lowest BCUT2D eigenvalue weighted by molar-refractivity contribution is -0.113. The fourth-order valence-corrected chi connectivity index (χ4v) is 5.92. The number of urea groups is 1. The van der Waals surface area contributed by atoms with Crippen molar-refractivity contribution in [3.63, 3.8) is 0 Å². The zero-order valence-electron chi connectivity index (χ0n) is 23.1. The molecule has 0 radical (unpaired) electrons. The number of aliphatic imine (C=N–C) groups is 1. The van der Waals surface area contributed by atoms with Crippen LogP contribution in [0.2, 0.25) is 0 Å². The van der Waals surface area contributed by atoms with Gasteiger partial charge in [-0.05, 0) is 86.3 Å². The van der Waals surface area contributed by atoms with E-state index in [0.29, 0.717) is 22.6 Å². The molecule has 3 amide bonds. The van der Waals surface area contributed by atoms with Crippen molar-refractivity contribution < 1.29 is 14.3 Å². The van der Waals surface area contributed by atoms with Crippen LogP contribution in [0.1, 0.15) is 36.1 Å². The molecule has 1 unspecified atom stereocenters. The van der Waals surface area contributed by atoms with Crippen molar-refractivity contribution in [2.75, 3.05) is 35.4 Å². The lowest BCUT2D eigenvalue weighted by Gasteiger charge is -2.41. The van der Waals surface area contributed by atoms with E-state index in [1.807, 2.05) is 87.5 Å². The minimum absolute atomic E-state index is 0.193. The van der Waals surface area contributed by atoms with Crippen LogP contribution in [0.5, 0.6) is 5.75 Å². The van der Waals surface area contributed by atoms with Crippen molar-refractivity contribution in [1.29, 1.82) is 0 Å². The number of carbonyl (C=O) groups is 2. The smallest absolute Gasteiger partial charge is 0.323 e. The minimum Gasteiger partial charge on any atom is -0.497 e. The Bertz CT molecular complexity index is 1480. The summed E-state index contributed by atoms with van der Waals surface area (Å²) >= 11 is 1.72. The molecule has 0 saturated carbocycles. The van der Waals surface area contributed by atoms with Crippen molar-refractivity contribution in [1.82, 2.24) is 4.90 Å². The number of hydrogen-bond acceptors (Lipinski definition) is 6. The minimum atomic E-state index is -0.309. The molecule has 9 heteroatoms. The number of aryl methyl sites for hydroxylation is 1. The number of allylic oxidation sites excluding steroid dienone is 1. The maximum atomic E-state index is 13.7. The van der Waals surface area contributed by atoms with Gasteiger partial charge in [-0.25, -0.2) is 9.79 Å². The van der Waals surface area contributed by atoms with Gasteiger partial charge in [0, 0.05) is 29.4 Å². The number of benzene rings is 3. The second-order valence-corrected chi connectivity index (χ2v) is 10.9. The maximum absolute atomic E-state index is 13.7. The summed E-state index contributed by atoms with van der Waals surface area (Å²) in [6, 6.07) is 20.2. The third-order valence-corrected chi connectivity index (χ3v) is 8.26. The fraction of sp³-hybridized carbons (Fsp3) is 0.258. The Morgan fingerprint density at radius 1 is 0.925 bits per heavy atom. The summed E-state index contributed by atoms with van der Waals surface area (Å²) in [5, 5.41) is 9.82. The molecule has 1 fully saturated rings. The Kier molecular flexibility index (Phi) is 8.11. The quantitative estimate of drug-likeness (QED) is 0.314. The van der Waals surface area contributed by atoms with E-state index in [-0.39, 0.29) is 18.0 Å². The average Bonchev–Trinajstić information content (AvgIpc) is 2.95. The molecule has 2 aliphatic rings. The van der Waals surface area contributed by atoms with E-state index in [1.54, 1.807) is 18.9 Å². The Balaban J connectivity index is 1.37. The first-order valence-corrected chi connectivity index (χ1v) is 14.2. The summed E-state index contributed by atoms with van der Waals surface area (Å²) in [4.78, 5) is 33.4. The van der Waals surface area contributed by atoms with Crippen LogP contribution in [0.15, 0.2) is 83.0 Å². The normalized spacial score (nSPS) is 16.6. The molecule has 3 aromatic carbocycles. The summed E-state index contributed by atoms with van der Waals surface area (Å²) < 4.78 is 5.24. The lowest BCUT2D eigenvalue weighted by atomic mass is 9.93. The first-order chi connectivity index (χ1) is 19.3. The Morgan fingerprint density at radius 3 is 2.35 bits per heavy atom. The number of ether oxygens (including phenoxy) is 1. The van der Waals surface area contributed by atoms with Crippen molar-refractivity contribution >= 4 is 45.9 Å². The van der Waals surface area contributed by atoms with Crippen molar-refractivity contribution in [2.24, 2.45) is 4.99 Å². The number of nitrogens with one attached hydrogen (secondary N) is 3. The molecule has 0 bridgehead atoms. The van der Waals surface area contributed by atoms with Gasteiger partial charge in [0.2, 0.25) is 0 Å². The number of anilines is 3. The Labute approximate surface area is 238 Å². The molecular formula is C31H33N5O3S. The number of nitrogens with zero attached hydrogens (tertiary/aromatic N) is 2. The summed E-state index contributed by atoms with van der Waals surface area (Å²) in [7, 11) is 1.61. The molecule has 0 aromatic heterocycles. The molecular weight excluding hydrogens is 522 g/mol. The molecule has 206 valence electrons. The first-order valence-electron chi connectivity index (χ1n) is 13.2. The maximum Gasteiger partial charge on any atom is 0.323 e. The van der Waals surface area contributed by atoms with E-state index in [2.05, 4.69) is 20.9 Å². The number of amidine groups is 1. The van der Waals surface area contributed by atoms with Gasteiger partial charge in [0.05, 0.1) is 24.4 Å². The van der Waals surface area contributed by atoms with E-state index in [9.17, 15) is 9.59 Å². The van der Waals surface area contributed by atoms with Crippen LogP contribution in [0.4, 0.5) is 21.9 Å². The summed E-state index contributed by atoms with van der Waals surface area (Å²) in [5.74, 6) is 1.53. The third kappa shape index (κ3) is 5.84. The third-order valence-electron chi connectivity index (χ3n) is 7.19. The molecule has 2 heterocycles. The molecule has 3 N–H and O–H groups in total. The van der Waals surface area contributed by atoms with Gasteiger partial charge in [-0.15, -0.1) is 0 Å². The molecule has 8 nitrogen and oxygen atoms in total. The van der Waals surface area contributed by atoms with Gasteiger partial charge < -0.3 is 25.6 Å². The van der Waals surface area contributed by atoms with Gasteiger partial charge in [-0.2, -0.15) is 0 Å². The van der Waals surface area contributed by atoms with Crippen molar-refractivity contribution in [3.05, 3.63) is 94.7 Å². The van der Waals surface area contributed by atoms with Crippen LogP contribution in [0, 0.1) is 13.8 Å². The fourth-order valence-electron chi connectivity index (χ4n) is 4.90. The molecule has 0 spiro atoms. The highest BCUT2D eigenvalue weighted by molar-refractivity contribution is 8.13.